The van der Waals surface area contributed by atoms with E-state index in [9.17, 15) is 4.39 Å². The highest BCUT2D eigenvalue weighted by Gasteiger charge is 2.20. The number of hydrogen-bond acceptors (Lipinski definition) is 4. The number of nitrogens with zero attached hydrogens (tertiary/aromatic N) is 4. The normalized spacial score (nSPS) is 16.1. The van der Waals surface area contributed by atoms with E-state index in [0.29, 0.717) is 6.54 Å². The first-order chi connectivity index (χ1) is 12.7. The summed E-state index contributed by atoms with van der Waals surface area (Å²) >= 11 is 3.46. The SMILES string of the molecule is CCNC(=NCc1cc(F)ccc1Br)N1CCN(Cc2ccon2)CC1. The van der Waals surface area contributed by atoms with Crippen molar-refractivity contribution in [3.05, 3.63) is 52.1 Å². The molecular formula is C18H23BrFN5O. The van der Waals surface area contributed by atoms with Gasteiger partial charge in [-0.15, -0.1) is 0 Å². The molecule has 3 rings (SSSR count). The van der Waals surface area contributed by atoms with Crippen molar-refractivity contribution in [2.45, 2.75) is 20.0 Å². The quantitative estimate of drug-likeness (QED) is 0.591. The van der Waals surface area contributed by atoms with Crippen LogP contribution in [0.5, 0.6) is 0 Å². The summed E-state index contributed by atoms with van der Waals surface area (Å²) in [5.74, 6) is 0.620. The zero-order chi connectivity index (χ0) is 18.4. The summed E-state index contributed by atoms with van der Waals surface area (Å²) in [5.41, 5.74) is 1.79. The summed E-state index contributed by atoms with van der Waals surface area (Å²) < 4.78 is 19.2. The van der Waals surface area contributed by atoms with Crippen molar-refractivity contribution < 1.29 is 8.91 Å². The largest absolute Gasteiger partial charge is 0.364 e. The number of aromatic nitrogens is 1. The van der Waals surface area contributed by atoms with E-state index in [1.807, 2.05) is 6.07 Å². The van der Waals surface area contributed by atoms with Crippen LogP contribution in [0.2, 0.25) is 0 Å². The van der Waals surface area contributed by atoms with Crippen molar-refractivity contribution in [3.63, 3.8) is 0 Å². The van der Waals surface area contributed by atoms with Crippen molar-refractivity contribution in [1.29, 1.82) is 0 Å². The maximum atomic E-state index is 13.5. The highest BCUT2D eigenvalue weighted by atomic mass is 79.9. The maximum Gasteiger partial charge on any atom is 0.194 e. The van der Waals surface area contributed by atoms with Crippen molar-refractivity contribution in [3.8, 4) is 0 Å². The molecule has 0 aliphatic carbocycles. The van der Waals surface area contributed by atoms with Crippen LogP contribution in [0.1, 0.15) is 18.2 Å². The molecule has 1 aliphatic rings. The van der Waals surface area contributed by atoms with Gasteiger partial charge in [0.25, 0.3) is 0 Å². The van der Waals surface area contributed by atoms with Crippen LogP contribution in [0.4, 0.5) is 4.39 Å². The Labute approximate surface area is 161 Å². The molecule has 0 bridgehead atoms. The lowest BCUT2D eigenvalue weighted by atomic mass is 10.2. The van der Waals surface area contributed by atoms with Gasteiger partial charge in [-0.05, 0) is 30.7 Å². The number of hydrogen-bond donors (Lipinski definition) is 1. The number of nitrogens with one attached hydrogen (secondary N) is 1. The van der Waals surface area contributed by atoms with Crippen LogP contribution >= 0.6 is 15.9 Å². The highest BCUT2D eigenvalue weighted by molar-refractivity contribution is 9.10. The van der Waals surface area contributed by atoms with Crippen LogP contribution in [0.25, 0.3) is 0 Å². The fourth-order valence-corrected chi connectivity index (χ4v) is 3.29. The lowest BCUT2D eigenvalue weighted by Crippen LogP contribution is -2.52. The molecule has 0 amide bonds. The number of rotatable bonds is 5. The molecule has 2 aromatic rings. The van der Waals surface area contributed by atoms with Crippen molar-refractivity contribution in [2.75, 3.05) is 32.7 Å². The fourth-order valence-electron chi connectivity index (χ4n) is 2.92. The molecule has 1 aromatic carbocycles. The van der Waals surface area contributed by atoms with E-state index < -0.39 is 0 Å². The van der Waals surface area contributed by atoms with Gasteiger partial charge >= 0.3 is 0 Å². The smallest absolute Gasteiger partial charge is 0.194 e. The monoisotopic (exact) mass is 423 g/mol. The summed E-state index contributed by atoms with van der Waals surface area (Å²) in [4.78, 5) is 9.29. The first-order valence-electron chi connectivity index (χ1n) is 8.74. The molecule has 0 atom stereocenters. The minimum Gasteiger partial charge on any atom is -0.364 e. The lowest BCUT2D eigenvalue weighted by molar-refractivity contribution is 0.169. The Morgan fingerprint density at radius 1 is 1.31 bits per heavy atom. The van der Waals surface area contributed by atoms with E-state index in [1.165, 1.54) is 12.1 Å². The molecule has 0 radical (unpaired) electrons. The molecule has 1 fully saturated rings. The van der Waals surface area contributed by atoms with E-state index in [4.69, 9.17) is 9.52 Å². The molecule has 6 nitrogen and oxygen atoms in total. The summed E-state index contributed by atoms with van der Waals surface area (Å²) in [6.07, 6.45) is 1.60. The van der Waals surface area contributed by atoms with E-state index in [1.54, 1.807) is 12.3 Å². The van der Waals surface area contributed by atoms with Crippen molar-refractivity contribution in [1.82, 2.24) is 20.3 Å². The van der Waals surface area contributed by atoms with E-state index in [-0.39, 0.29) is 5.82 Å². The molecule has 2 heterocycles. The van der Waals surface area contributed by atoms with E-state index >= 15 is 0 Å². The Morgan fingerprint density at radius 3 is 2.81 bits per heavy atom. The molecule has 1 aliphatic heterocycles. The second-order valence-corrected chi connectivity index (χ2v) is 7.01. The Bertz CT molecular complexity index is 729. The summed E-state index contributed by atoms with van der Waals surface area (Å²) in [7, 11) is 0. The third kappa shape index (κ3) is 5.04. The van der Waals surface area contributed by atoms with E-state index in [2.05, 4.69) is 43.1 Å². The summed E-state index contributed by atoms with van der Waals surface area (Å²) in [5, 5.41) is 7.31. The van der Waals surface area contributed by atoms with Crippen molar-refractivity contribution >= 4 is 21.9 Å². The molecule has 1 N–H and O–H groups in total. The van der Waals surface area contributed by atoms with Gasteiger partial charge in [-0.1, -0.05) is 21.1 Å². The highest BCUT2D eigenvalue weighted by Crippen LogP contribution is 2.19. The van der Waals surface area contributed by atoms with Gasteiger partial charge in [0.1, 0.15) is 12.1 Å². The average Bonchev–Trinajstić information content (AvgIpc) is 3.15. The minimum absolute atomic E-state index is 0.245. The van der Waals surface area contributed by atoms with E-state index in [0.717, 1.165) is 61.0 Å². The Morgan fingerprint density at radius 2 is 2.12 bits per heavy atom. The minimum atomic E-state index is -0.245. The number of halogens is 2. The second-order valence-electron chi connectivity index (χ2n) is 6.16. The van der Waals surface area contributed by atoms with Gasteiger partial charge in [0.2, 0.25) is 0 Å². The van der Waals surface area contributed by atoms with Gasteiger partial charge in [-0.25, -0.2) is 9.38 Å². The van der Waals surface area contributed by atoms with Crippen LogP contribution in [0, 0.1) is 5.82 Å². The Hall–Kier alpha value is -1.93. The molecule has 0 unspecified atom stereocenters. The predicted molar refractivity (Wildman–Crippen MR) is 102 cm³/mol. The second kappa shape index (κ2) is 9.14. The van der Waals surface area contributed by atoms with Crippen LogP contribution in [0.15, 0.2) is 44.5 Å². The van der Waals surface area contributed by atoms with Gasteiger partial charge in [0, 0.05) is 49.8 Å². The van der Waals surface area contributed by atoms with Crippen LogP contribution < -0.4 is 5.32 Å². The first kappa shape index (κ1) is 18.8. The topological polar surface area (TPSA) is 56.9 Å². The fraction of sp³-hybridized carbons (Fsp3) is 0.444. The van der Waals surface area contributed by atoms with Gasteiger partial charge in [-0.2, -0.15) is 0 Å². The van der Waals surface area contributed by atoms with Gasteiger partial charge in [0.05, 0.1) is 12.2 Å². The molecule has 0 saturated carbocycles. The summed E-state index contributed by atoms with van der Waals surface area (Å²) in [6, 6.07) is 6.58. The lowest BCUT2D eigenvalue weighted by Gasteiger charge is -2.36. The maximum absolute atomic E-state index is 13.5. The number of piperazine rings is 1. The van der Waals surface area contributed by atoms with Gasteiger partial charge in [-0.3, -0.25) is 4.90 Å². The van der Waals surface area contributed by atoms with Crippen LogP contribution in [0.3, 0.4) is 0 Å². The first-order valence-corrected chi connectivity index (χ1v) is 9.54. The number of benzene rings is 1. The third-order valence-corrected chi connectivity index (χ3v) is 5.06. The van der Waals surface area contributed by atoms with Gasteiger partial charge in [0.15, 0.2) is 5.96 Å². The van der Waals surface area contributed by atoms with Gasteiger partial charge < -0.3 is 14.7 Å². The average molecular weight is 424 g/mol. The molecular weight excluding hydrogens is 401 g/mol. The molecule has 140 valence electrons. The number of aliphatic imine (C=N–C) groups is 1. The predicted octanol–water partition coefficient (Wildman–Crippen LogP) is 2.86. The zero-order valence-electron chi connectivity index (χ0n) is 14.8. The van der Waals surface area contributed by atoms with Crippen LogP contribution in [-0.2, 0) is 13.1 Å². The zero-order valence-corrected chi connectivity index (χ0v) is 16.4. The molecule has 0 spiro atoms. The number of guanidine groups is 1. The van der Waals surface area contributed by atoms with Crippen LogP contribution in [-0.4, -0.2) is 53.6 Å². The molecule has 1 aromatic heterocycles. The Kier molecular flexibility index (Phi) is 6.62. The molecule has 1 saturated heterocycles. The molecule has 8 heteroatoms. The standard InChI is InChI=1S/C18H23BrFN5O/c1-2-21-18(22-12-14-11-15(20)3-4-17(14)19)25-8-6-24(7-9-25)13-16-5-10-26-23-16/h3-5,10-11H,2,6-9,12-13H2,1H3,(H,21,22). The third-order valence-electron chi connectivity index (χ3n) is 4.29. The molecule has 26 heavy (non-hydrogen) atoms. The Balaban J connectivity index is 1.60. The van der Waals surface area contributed by atoms with Crippen molar-refractivity contribution in [2.24, 2.45) is 4.99 Å². The summed E-state index contributed by atoms with van der Waals surface area (Å²) in [6.45, 7) is 7.70.